The van der Waals surface area contributed by atoms with Crippen LogP contribution in [0.2, 0.25) is 0 Å². The average molecular weight is 359 g/mol. The van der Waals surface area contributed by atoms with Crippen LogP contribution in [0.25, 0.3) is 0 Å². The normalized spacial score (nSPS) is 21.3. The molecule has 0 aliphatic carbocycles. The molecule has 3 heterocycles. The van der Waals surface area contributed by atoms with Gasteiger partial charge in [0.05, 0.1) is 0 Å². The third-order valence-electron chi connectivity index (χ3n) is 5.59. The fourth-order valence-electron chi connectivity index (χ4n) is 3.84. The lowest BCUT2D eigenvalue weighted by Crippen LogP contribution is -2.46. The van der Waals surface area contributed by atoms with Crippen LogP contribution in [0.3, 0.4) is 0 Å². The molecule has 0 radical (unpaired) electrons. The molecule has 1 aromatic heterocycles. The summed E-state index contributed by atoms with van der Waals surface area (Å²) in [5.74, 6) is 2.10. The molecule has 2 aliphatic heterocycles. The van der Waals surface area contributed by atoms with Gasteiger partial charge in [-0.05, 0) is 36.1 Å². The maximum absolute atomic E-state index is 4.60. The van der Waals surface area contributed by atoms with Crippen LogP contribution in [0.5, 0.6) is 0 Å². The van der Waals surface area contributed by atoms with E-state index >= 15 is 0 Å². The SMILES string of the molecule is CCN1CCN(c2cc(CNC(=NC)N3CCC(C)(C)C3)ccn2)CC1. The van der Waals surface area contributed by atoms with E-state index in [2.05, 4.69) is 62.9 Å². The first kappa shape index (κ1) is 19.0. The zero-order valence-electron chi connectivity index (χ0n) is 16.8. The molecule has 0 aromatic carbocycles. The van der Waals surface area contributed by atoms with Gasteiger partial charge in [-0.2, -0.15) is 0 Å². The summed E-state index contributed by atoms with van der Waals surface area (Å²) in [6.07, 6.45) is 3.15. The molecule has 6 heteroatoms. The van der Waals surface area contributed by atoms with E-state index in [0.717, 1.165) is 64.1 Å². The Labute approximate surface area is 158 Å². The first-order chi connectivity index (χ1) is 12.5. The molecular weight excluding hydrogens is 324 g/mol. The molecule has 144 valence electrons. The highest BCUT2D eigenvalue weighted by molar-refractivity contribution is 5.80. The van der Waals surface area contributed by atoms with Crippen LogP contribution < -0.4 is 10.2 Å². The van der Waals surface area contributed by atoms with E-state index in [4.69, 9.17) is 0 Å². The van der Waals surface area contributed by atoms with Gasteiger partial charge in [0.25, 0.3) is 0 Å². The topological polar surface area (TPSA) is 47.0 Å². The minimum atomic E-state index is 0.377. The monoisotopic (exact) mass is 358 g/mol. The number of aromatic nitrogens is 1. The lowest BCUT2D eigenvalue weighted by atomic mass is 9.93. The number of piperazine rings is 1. The predicted molar refractivity (Wildman–Crippen MR) is 109 cm³/mol. The minimum Gasteiger partial charge on any atom is -0.354 e. The number of hydrogen-bond acceptors (Lipinski definition) is 4. The lowest BCUT2D eigenvalue weighted by Gasteiger charge is -2.34. The number of aliphatic imine (C=N–C) groups is 1. The van der Waals surface area contributed by atoms with Crippen molar-refractivity contribution in [3.63, 3.8) is 0 Å². The van der Waals surface area contributed by atoms with Gasteiger partial charge in [0.2, 0.25) is 0 Å². The van der Waals surface area contributed by atoms with Gasteiger partial charge in [-0.25, -0.2) is 4.98 Å². The van der Waals surface area contributed by atoms with Gasteiger partial charge in [0.1, 0.15) is 5.82 Å². The number of pyridine rings is 1. The van der Waals surface area contributed by atoms with Crippen LogP contribution in [0, 0.1) is 5.41 Å². The Bertz CT molecular complexity index is 618. The molecule has 2 aliphatic rings. The van der Waals surface area contributed by atoms with Crippen molar-refractivity contribution in [3.8, 4) is 0 Å². The quantitative estimate of drug-likeness (QED) is 0.659. The van der Waals surface area contributed by atoms with Crippen molar-refractivity contribution < 1.29 is 0 Å². The summed E-state index contributed by atoms with van der Waals surface area (Å²) in [7, 11) is 1.87. The number of anilines is 1. The summed E-state index contributed by atoms with van der Waals surface area (Å²) < 4.78 is 0. The maximum atomic E-state index is 4.60. The highest BCUT2D eigenvalue weighted by Gasteiger charge is 2.30. The number of rotatable bonds is 4. The molecule has 1 N–H and O–H groups in total. The maximum Gasteiger partial charge on any atom is 0.193 e. The summed E-state index contributed by atoms with van der Waals surface area (Å²) in [5.41, 5.74) is 1.63. The molecule has 0 unspecified atom stereocenters. The minimum absolute atomic E-state index is 0.377. The van der Waals surface area contributed by atoms with Crippen molar-refractivity contribution >= 4 is 11.8 Å². The van der Waals surface area contributed by atoms with Gasteiger partial charge in [-0.3, -0.25) is 4.99 Å². The summed E-state index contributed by atoms with van der Waals surface area (Å²) >= 11 is 0. The van der Waals surface area contributed by atoms with Crippen LogP contribution in [0.1, 0.15) is 32.8 Å². The number of nitrogens with zero attached hydrogens (tertiary/aromatic N) is 5. The van der Waals surface area contributed by atoms with Gasteiger partial charge in [0, 0.05) is 59.1 Å². The van der Waals surface area contributed by atoms with Crippen LogP contribution in [0.4, 0.5) is 5.82 Å². The van der Waals surface area contributed by atoms with Crippen molar-refractivity contribution in [1.82, 2.24) is 20.1 Å². The highest BCUT2D eigenvalue weighted by atomic mass is 15.3. The Morgan fingerprint density at radius 1 is 1.23 bits per heavy atom. The largest absolute Gasteiger partial charge is 0.354 e. The molecule has 1 aromatic rings. The third kappa shape index (κ3) is 4.67. The van der Waals surface area contributed by atoms with E-state index in [0.29, 0.717) is 5.41 Å². The van der Waals surface area contributed by atoms with Crippen LogP contribution in [-0.4, -0.2) is 73.6 Å². The Morgan fingerprint density at radius 3 is 2.62 bits per heavy atom. The zero-order chi connectivity index (χ0) is 18.6. The standard InChI is InChI=1S/C20H34N6/c1-5-24-10-12-25(13-11-24)18-14-17(6-8-22-18)15-23-19(21-4)26-9-7-20(2,3)16-26/h6,8,14H,5,7,9-13,15-16H2,1-4H3,(H,21,23). The van der Waals surface area contributed by atoms with Gasteiger partial charge < -0.3 is 20.0 Å². The van der Waals surface area contributed by atoms with Gasteiger partial charge in [0.15, 0.2) is 5.96 Å². The molecule has 2 fully saturated rings. The molecule has 3 rings (SSSR count). The van der Waals surface area contributed by atoms with Crippen molar-refractivity contribution in [2.24, 2.45) is 10.4 Å². The van der Waals surface area contributed by atoms with E-state index in [1.54, 1.807) is 0 Å². The Hall–Kier alpha value is -1.82. The Kier molecular flexibility index (Phi) is 6.01. The summed E-state index contributed by atoms with van der Waals surface area (Å²) in [6, 6.07) is 4.32. The first-order valence-electron chi connectivity index (χ1n) is 9.88. The summed E-state index contributed by atoms with van der Waals surface area (Å²) in [4.78, 5) is 16.3. The summed E-state index contributed by atoms with van der Waals surface area (Å²) in [6.45, 7) is 15.3. The number of likely N-dealkylation sites (tertiary alicyclic amines) is 1. The second-order valence-electron chi connectivity index (χ2n) is 8.18. The fourth-order valence-corrected chi connectivity index (χ4v) is 3.84. The fraction of sp³-hybridized carbons (Fsp3) is 0.700. The Morgan fingerprint density at radius 2 is 2.00 bits per heavy atom. The zero-order valence-corrected chi connectivity index (χ0v) is 16.8. The molecule has 0 spiro atoms. The third-order valence-corrected chi connectivity index (χ3v) is 5.59. The first-order valence-corrected chi connectivity index (χ1v) is 9.88. The van der Waals surface area contributed by atoms with E-state index in [1.165, 1.54) is 12.0 Å². The van der Waals surface area contributed by atoms with E-state index < -0.39 is 0 Å². The molecule has 0 bridgehead atoms. The summed E-state index contributed by atoms with van der Waals surface area (Å²) in [5, 5.41) is 3.53. The molecule has 2 saturated heterocycles. The van der Waals surface area contributed by atoms with Crippen LogP contribution in [0.15, 0.2) is 23.3 Å². The van der Waals surface area contributed by atoms with Gasteiger partial charge >= 0.3 is 0 Å². The lowest BCUT2D eigenvalue weighted by molar-refractivity contribution is 0.270. The second kappa shape index (κ2) is 8.25. The second-order valence-corrected chi connectivity index (χ2v) is 8.18. The number of nitrogens with one attached hydrogen (secondary N) is 1. The average Bonchev–Trinajstić information content (AvgIpc) is 3.02. The Balaban J connectivity index is 1.57. The van der Waals surface area contributed by atoms with E-state index in [-0.39, 0.29) is 0 Å². The van der Waals surface area contributed by atoms with Gasteiger partial charge in [-0.15, -0.1) is 0 Å². The highest BCUT2D eigenvalue weighted by Crippen LogP contribution is 2.28. The van der Waals surface area contributed by atoms with E-state index in [1.807, 2.05) is 13.2 Å². The van der Waals surface area contributed by atoms with Crippen LogP contribution in [-0.2, 0) is 6.54 Å². The number of guanidine groups is 1. The van der Waals surface area contributed by atoms with Crippen molar-refractivity contribution in [2.75, 3.05) is 57.8 Å². The van der Waals surface area contributed by atoms with Gasteiger partial charge in [-0.1, -0.05) is 20.8 Å². The van der Waals surface area contributed by atoms with Crippen LogP contribution >= 0.6 is 0 Å². The molecule has 6 nitrogen and oxygen atoms in total. The predicted octanol–water partition coefficient (Wildman–Crippen LogP) is 2.03. The van der Waals surface area contributed by atoms with Crippen molar-refractivity contribution in [1.29, 1.82) is 0 Å². The molecule has 0 atom stereocenters. The molecule has 26 heavy (non-hydrogen) atoms. The smallest absolute Gasteiger partial charge is 0.193 e. The molecular formula is C20H34N6. The van der Waals surface area contributed by atoms with Crippen molar-refractivity contribution in [2.45, 2.75) is 33.7 Å². The number of hydrogen-bond donors (Lipinski definition) is 1. The van der Waals surface area contributed by atoms with E-state index in [9.17, 15) is 0 Å². The molecule has 0 saturated carbocycles. The van der Waals surface area contributed by atoms with Crippen molar-refractivity contribution in [3.05, 3.63) is 23.9 Å². The molecule has 0 amide bonds. The number of likely N-dealkylation sites (N-methyl/N-ethyl adjacent to an activating group) is 1.